The molecular weight excluding hydrogens is 308 g/mol. The summed E-state index contributed by atoms with van der Waals surface area (Å²) in [5.41, 5.74) is 7.11. The van der Waals surface area contributed by atoms with Crippen LogP contribution in [0.1, 0.15) is 10.5 Å². The number of thiocarbonyl (C=S) groups is 1. The van der Waals surface area contributed by atoms with Gasteiger partial charge >= 0.3 is 0 Å². The molecule has 0 unspecified atom stereocenters. The Morgan fingerprint density at radius 1 is 0.870 bits per heavy atom. The number of pyridine rings is 1. The maximum Gasteiger partial charge on any atom is 0.288 e. The average Bonchev–Trinajstić information content (AvgIpc) is 2.60. The predicted molar refractivity (Wildman–Crippen MR) is 95.0 cm³/mol. The van der Waals surface area contributed by atoms with Crippen LogP contribution in [0.15, 0.2) is 66.7 Å². The number of anilines is 1. The summed E-state index contributed by atoms with van der Waals surface area (Å²) in [4.78, 5) is 16.4. The van der Waals surface area contributed by atoms with Crippen LogP contribution in [-0.4, -0.2) is 16.0 Å². The zero-order valence-corrected chi connectivity index (χ0v) is 12.9. The third-order valence-electron chi connectivity index (χ3n) is 3.15. The molecule has 1 amide bonds. The minimum Gasteiger partial charge on any atom is -0.331 e. The van der Waals surface area contributed by atoms with Crippen LogP contribution in [0, 0.1) is 0 Å². The van der Waals surface area contributed by atoms with Crippen LogP contribution in [0.5, 0.6) is 0 Å². The maximum absolute atomic E-state index is 12.1. The minimum atomic E-state index is -0.354. The topological polar surface area (TPSA) is 66.1 Å². The molecule has 0 aliphatic rings. The summed E-state index contributed by atoms with van der Waals surface area (Å²) < 4.78 is 0. The quantitative estimate of drug-likeness (QED) is 0.500. The highest BCUT2D eigenvalue weighted by molar-refractivity contribution is 7.80. The molecule has 1 heterocycles. The Bertz CT molecular complexity index is 851. The molecule has 0 saturated heterocycles. The lowest BCUT2D eigenvalue weighted by Gasteiger charge is -2.11. The van der Waals surface area contributed by atoms with Crippen molar-refractivity contribution >= 4 is 39.8 Å². The van der Waals surface area contributed by atoms with E-state index in [1.165, 1.54) is 0 Å². The standard InChI is InChI=1S/C17H14N4OS/c22-16(15-11-10-12-6-4-5-9-14(12)19-15)20-21-17(23)18-13-7-2-1-3-8-13/h1-11H,(H,20,22)(H2,18,21,23). The summed E-state index contributed by atoms with van der Waals surface area (Å²) in [6.45, 7) is 0. The first-order valence-electron chi connectivity index (χ1n) is 7.00. The van der Waals surface area contributed by atoms with E-state index in [0.717, 1.165) is 16.6 Å². The average molecular weight is 322 g/mol. The zero-order chi connectivity index (χ0) is 16.1. The van der Waals surface area contributed by atoms with Crippen LogP contribution in [0.2, 0.25) is 0 Å². The first-order valence-corrected chi connectivity index (χ1v) is 7.41. The van der Waals surface area contributed by atoms with Crippen molar-refractivity contribution in [1.29, 1.82) is 0 Å². The second-order valence-corrected chi connectivity index (χ2v) is 5.20. The van der Waals surface area contributed by atoms with Crippen LogP contribution in [-0.2, 0) is 0 Å². The van der Waals surface area contributed by atoms with Crippen LogP contribution in [0.4, 0.5) is 5.69 Å². The molecule has 0 radical (unpaired) electrons. The summed E-state index contributed by atoms with van der Waals surface area (Å²) in [5, 5.41) is 4.24. The molecule has 0 saturated carbocycles. The smallest absolute Gasteiger partial charge is 0.288 e. The van der Waals surface area contributed by atoms with Gasteiger partial charge in [0.05, 0.1) is 5.52 Å². The molecule has 0 bridgehead atoms. The zero-order valence-electron chi connectivity index (χ0n) is 12.1. The van der Waals surface area contributed by atoms with Gasteiger partial charge in [-0.25, -0.2) is 4.98 Å². The maximum atomic E-state index is 12.1. The van der Waals surface area contributed by atoms with E-state index in [9.17, 15) is 4.79 Å². The highest BCUT2D eigenvalue weighted by Crippen LogP contribution is 2.11. The molecule has 3 N–H and O–H groups in total. The minimum absolute atomic E-state index is 0.297. The lowest BCUT2D eigenvalue weighted by Crippen LogP contribution is -2.44. The molecule has 0 fully saturated rings. The number of nitrogens with one attached hydrogen (secondary N) is 3. The number of benzene rings is 2. The van der Waals surface area contributed by atoms with E-state index >= 15 is 0 Å². The van der Waals surface area contributed by atoms with Gasteiger partial charge in [0.25, 0.3) is 5.91 Å². The van der Waals surface area contributed by atoms with E-state index in [4.69, 9.17) is 12.2 Å². The van der Waals surface area contributed by atoms with Gasteiger partial charge in [0.2, 0.25) is 0 Å². The van der Waals surface area contributed by atoms with Crippen LogP contribution in [0.3, 0.4) is 0 Å². The van der Waals surface area contributed by atoms with Crippen LogP contribution in [0.25, 0.3) is 10.9 Å². The fourth-order valence-electron chi connectivity index (χ4n) is 2.05. The molecule has 0 aliphatic carbocycles. The largest absolute Gasteiger partial charge is 0.331 e. The van der Waals surface area contributed by atoms with E-state index in [-0.39, 0.29) is 5.91 Å². The molecule has 2 aromatic carbocycles. The van der Waals surface area contributed by atoms with Crippen LogP contribution < -0.4 is 16.2 Å². The van der Waals surface area contributed by atoms with Crippen molar-refractivity contribution in [3.63, 3.8) is 0 Å². The molecule has 0 atom stereocenters. The third-order valence-corrected chi connectivity index (χ3v) is 3.36. The van der Waals surface area contributed by atoms with Crippen molar-refractivity contribution in [1.82, 2.24) is 15.8 Å². The third kappa shape index (κ3) is 3.81. The number of hydrogen-bond donors (Lipinski definition) is 3. The van der Waals surface area contributed by atoms with E-state index < -0.39 is 0 Å². The number of amides is 1. The number of hydrazine groups is 1. The number of hydrogen-bond acceptors (Lipinski definition) is 3. The molecule has 23 heavy (non-hydrogen) atoms. The van der Waals surface area contributed by atoms with Crippen molar-refractivity contribution in [2.75, 3.05) is 5.32 Å². The van der Waals surface area contributed by atoms with E-state index in [2.05, 4.69) is 21.2 Å². The second-order valence-electron chi connectivity index (χ2n) is 4.79. The summed E-state index contributed by atoms with van der Waals surface area (Å²) in [7, 11) is 0. The van der Waals surface area contributed by atoms with Crippen molar-refractivity contribution < 1.29 is 4.79 Å². The van der Waals surface area contributed by atoms with Gasteiger partial charge < -0.3 is 5.32 Å². The van der Waals surface area contributed by atoms with Gasteiger partial charge in [-0.05, 0) is 36.5 Å². The normalized spacial score (nSPS) is 10.1. The first kappa shape index (κ1) is 14.9. The fraction of sp³-hybridized carbons (Fsp3) is 0. The molecule has 1 aromatic heterocycles. The monoisotopic (exact) mass is 322 g/mol. The Balaban J connectivity index is 1.61. The highest BCUT2D eigenvalue weighted by atomic mass is 32.1. The van der Waals surface area contributed by atoms with Gasteiger partial charge in [-0.2, -0.15) is 0 Å². The van der Waals surface area contributed by atoms with Gasteiger partial charge in [-0.3, -0.25) is 15.6 Å². The highest BCUT2D eigenvalue weighted by Gasteiger charge is 2.08. The Kier molecular flexibility index (Phi) is 4.44. The fourth-order valence-corrected chi connectivity index (χ4v) is 2.22. The van der Waals surface area contributed by atoms with Gasteiger partial charge in [-0.15, -0.1) is 0 Å². The number of aromatic nitrogens is 1. The lowest BCUT2D eigenvalue weighted by molar-refractivity contribution is 0.0939. The molecule has 3 rings (SSSR count). The molecule has 6 heteroatoms. The van der Waals surface area contributed by atoms with Gasteiger partial charge in [0.15, 0.2) is 5.11 Å². The number of para-hydroxylation sites is 2. The number of rotatable bonds is 2. The number of nitrogens with zero attached hydrogens (tertiary/aromatic N) is 1. The molecule has 0 spiro atoms. The van der Waals surface area contributed by atoms with Gasteiger partial charge in [-0.1, -0.05) is 42.5 Å². The van der Waals surface area contributed by atoms with Crippen molar-refractivity contribution in [3.05, 3.63) is 72.4 Å². The SMILES string of the molecule is O=C(NNC(=S)Nc1ccccc1)c1ccc2ccccc2n1. The Labute approximate surface area is 138 Å². The molecule has 114 valence electrons. The summed E-state index contributed by atoms with van der Waals surface area (Å²) >= 11 is 5.12. The second kappa shape index (κ2) is 6.85. The van der Waals surface area contributed by atoms with Crippen molar-refractivity contribution in [2.45, 2.75) is 0 Å². The predicted octanol–water partition coefficient (Wildman–Crippen LogP) is 2.87. The summed E-state index contributed by atoms with van der Waals surface area (Å²) in [5.74, 6) is -0.354. The number of carbonyl (C=O) groups excluding carboxylic acids is 1. The van der Waals surface area contributed by atoms with E-state index in [1.807, 2.05) is 60.7 Å². The Morgan fingerprint density at radius 3 is 2.43 bits per heavy atom. The Morgan fingerprint density at radius 2 is 1.61 bits per heavy atom. The van der Waals surface area contributed by atoms with Gasteiger partial charge in [0.1, 0.15) is 5.69 Å². The number of fused-ring (bicyclic) bond motifs is 1. The van der Waals surface area contributed by atoms with E-state index in [0.29, 0.717) is 10.8 Å². The summed E-state index contributed by atoms with van der Waals surface area (Å²) in [6.07, 6.45) is 0. The molecule has 5 nitrogen and oxygen atoms in total. The number of carbonyl (C=O) groups is 1. The van der Waals surface area contributed by atoms with Crippen LogP contribution >= 0.6 is 12.2 Å². The summed E-state index contributed by atoms with van der Waals surface area (Å²) in [6, 6.07) is 20.6. The lowest BCUT2D eigenvalue weighted by atomic mass is 10.2. The Hall–Kier alpha value is -2.99. The molecule has 3 aromatic rings. The van der Waals surface area contributed by atoms with Crippen molar-refractivity contribution in [3.8, 4) is 0 Å². The van der Waals surface area contributed by atoms with Crippen molar-refractivity contribution in [2.24, 2.45) is 0 Å². The molecule has 0 aliphatic heterocycles. The van der Waals surface area contributed by atoms with E-state index in [1.54, 1.807) is 6.07 Å². The van der Waals surface area contributed by atoms with Gasteiger partial charge in [0, 0.05) is 11.1 Å². The molecular formula is C17H14N4OS. The first-order chi connectivity index (χ1) is 11.2.